The highest BCUT2D eigenvalue weighted by molar-refractivity contribution is 7.89. The monoisotopic (exact) mass is 434 g/mol. The maximum Gasteiger partial charge on any atom is 0.348 e. The molecule has 0 saturated carbocycles. The first kappa shape index (κ1) is 19.6. The zero-order valence-corrected chi connectivity index (χ0v) is 17.1. The third-order valence-electron chi connectivity index (χ3n) is 4.76. The number of hydrogen-bond acceptors (Lipinski definition) is 7. The van der Waals surface area contributed by atoms with Gasteiger partial charge in [-0.2, -0.15) is 4.31 Å². The lowest BCUT2D eigenvalue weighted by molar-refractivity contribution is 0.0606. The highest BCUT2D eigenvalue weighted by Gasteiger charge is 2.32. The van der Waals surface area contributed by atoms with E-state index in [1.54, 1.807) is 35.4 Å². The molecule has 3 aromatic heterocycles. The van der Waals surface area contributed by atoms with E-state index in [4.69, 9.17) is 0 Å². The van der Waals surface area contributed by atoms with E-state index >= 15 is 0 Å². The number of methoxy groups -OCH3 is 1. The van der Waals surface area contributed by atoms with Crippen LogP contribution in [-0.4, -0.2) is 72.8 Å². The Kier molecular flexibility index (Phi) is 5.11. The number of ether oxygens (including phenoxy) is 1. The van der Waals surface area contributed by atoms with Crippen molar-refractivity contribution in [2.75, 3.05) is 33.3 Å². The summed E-state index contributed by atoms with van der Waals surface area (Å²) < 4.78 is 32.1. The van der Waals surface area contributed by atoms with Gasteiger partial charge in [-0.3, -0.25) is 4.79 Å². The van der Waals surface area contributed by atoms with Gasteiger partial charge in [-0.15, -0.1) is 11.3 Å². The number of sulfonamides is 1. The minimum atomic E-state index is -3.70. The highest BCUT2D eigenvalue weighted by Crippen LogP contribution is 2.26. The van der Waals surface area contributed by atoms with Crippen molar-refractivity contribution < 1.29 is 22.7 Å². The second-order valence-electron chi connectivity index (χ2n) is 6.40. The zero-order chi connectivity index (χ0) is 20.6. The number of fused-ring (bicyclic) bond motifs is 1. The van der Waals surface area contributed by atoms with Crippen LogP contribution in [-0.2, 0) is 14.8 Å². The second kappa shape index (κ2) is 7.58. The lowest BCUT2D eigenvalue weighted by Gasteiger charge is -2.33. The van der Waals surface area contributed by atoms with Gasteiger partial charge < -0.3 is 14.6 Å². The number of nitrogens with zero attached hydrogens (tertiary/aromatic N) is 3. The van der Waals surface area contributed by atoms with Crippen LogP contribution < -0.4 is 0 Å². The topological polar surface area (TPSA) is 113 Å². The fraction of sp³-hybridized carbons (Fsp3) is 0.278. The molecule has 1 saturated heterocycles. The van der Waals surface area contributed by atoms with Gasteiger partial charge in [0.1, 0.15) is 15.4 Å². The minimum absolute atomic E-state index is 0.182. The number of thiophene rings is 1. The molecule has 11 heteroatoms. The number of rotatable bonds is 4. The highest BCUT2D eigenvalue weighted by atomic mass is 32.2. The Morgan fingerprint density at radius 3 is 2.59 bits per heavy atom. The van der Waals surface area contributed by atoms with E-state index in [9.17, 15) is 18.0 Å². The fourth-order valence-electron chi connectivity index (χ4n) is 3.23. The molecule has 0 unspecified atom stereocenters. The van der Waals surface area contributed by atoms with E-state index in [1.165, 1.54) is 17.6 Å². The SMILES string of the molecule is COC(=O)c1ccc(C(=O)N2CCN(S(=O)(=O)c3c[nH]c4ncccc34)CC2)s1. The molecule has 0 atom stereocenters. The predicted octanol–water partition coefficient (Wildman–Crippen LogP) is 1.56. The number of aromatic nitrogens is 2. The van der Waals surface area contributed by atoms with Crippen LogP contribution in [0.3, 0.4) is 0 Å². The number of piperazine rings is 1. The molecule has 0 bridgehead atoms. The standard InChI is InChI=1S/C18H18N4O5S2/c1-27-18(24)14-5-4-13(28-14)17(23)21-7-9-22(10-8-21)29(25,26)15-11-20-16-12(15)3-2-6-19-16/h2-6,11H,7-10H2,1H3,(H,19,20). The van der Waals surface area contributed by atoms with Gasteiger partial charge in [0.05, 0.1) is 12.0 Å². The maximum atomic E-state index is 13.0. The molecule has 3 aromatic rings. The van der Waals surface area contributed by atoms with Gasteiger partial charge in [-0.25, -0.2) is 18.2 Å². The van der Waals surface area contributed by atoms with E-state index in [1.807, 2.05) is 0 Å². The number of esters is 1. The van der Waals surface area contributed by atoms with E-state index in [-0.39, 0.29) is 37.0 Å². The second-order valence-corrected chi connectivity index (χ2v) is 9.39. The van der Waals surface area contributed by atoms with Gasteiger partial charge in [-0.05, 0) is 24.3 Å². The molecule has 9 nitrogen and oxygen atoms in total. The molecule has 4 heterocycles. The summed E-state index contributed by atoms with van der Waals surface area (Å²) in [5.41, 5.74) is 0.513. The normalized spacial score (nSPS) is 15.6. The van der Waals surface area contributed by atoms with E-state index in [0.717, 1.165) is 11.3 Å². The van der Waals surface area contributed by atoms with Crippen LogP contribution in [0.15, 0.2) is 41.6 Å². The van der Waals surface area contributed by atoms with Gasteiger partial charge in [-0.1, -0.05) is 0 Å². The summed E-state index contributed by atoms with van der Waals surface area (Å²) in [6.45, 7) is 0.917. The number of carbonyl (C=O) groups is 2. The number of nitrogens with one attached hydrogen (secondary N) is 1. The molecule has 0 radical (unpaired) electrons. The summed E-state index contributed by atoms with van der Waals surface area (Å²) in [6, 6.07) is 6.54. The van der Waals surface area contributed by atoms with E-state index < -0.39 is 16.0 Å². The molecule has 1 aliphatic heterocycles. The fourth-order valence-corrected chi connectivity index (χ4v) is 5.70. The van der Waals surface area contributed by atoms with Crippen molar-refractivity contribution in [2.45, 2.75) is 4.90 Å². The lowest BCUT2D eigenvalue weighted by atomic mass is 10.3. The average Bonchev–Trinajstić information content (AvgIpc) is 3.40. The Morgan fingerprint density at radius 1 is 1.14 bits per heavy atom. The predicted molar refractivity (Wildman–Crippen MR) is 106 cm³/mol. The Bertz CT molecular complexity index is 1180. The summed E-state index contributed by atoms with van der Waals surface area (Å²) >= 11 is 1.06. The van der Waals surface area contributed by atoms with Crippen molar-refractivity contribution in [2.24, 2.45) is 0 Å². The minimum Gasteiger partial charge on any atom is -0.465 e. The molecule has 0 aromatic carbocycles. The smallest absolute Gasteiger partial charge is 0.348 e. The summed E-state index contributed by atoms with van der Waals surface area (Å²) in [6.07, 6.45) is 3.04. The number of hydrogen-bond donors (Lipinski definition) is 1. The summed E-state index contributed by atoms with van der Waals surface area (Å²) in [4.78, 5) is 33.8. The van der Waals surface area contributed by atoms with Crippen molar-refractivity contribution in [1.29, 1.82) is 0 Å². The molecule has 1 fully saturated rings. The average molecular weight is 434 g/mol. The number of H-pyrrole nitrogens is 1. The number of aromatic amines is 1. The number of amides is 1. The quantitative estimate of drug-likeness (QED) is 0.624. The summed E-state index contributed by atoms with van der Waals surface area (Å²) in [7, 11) is -2.42. The van der Waals surface area contributed by atoms with Crippen LogP contribution in [0.1, 0.15) is 19.3 Å². The van der Waals surface area contributed by atoms with Crippen molar-refractivity contribution in [3.8, 4) is 0 Å². The molecule has 0 spiro atoms. The van der Waals surface area contributed by atoms with Crippen molar-refractivity contribution >= 4 is 44.3 Å². The maximum absolute atomic E-state index is 13.0. The summed E-state index contributed by atoms with van der Waals surface area (Å²) in [5, 5.41) is 0.542. The molecule has 0 aliphatic carbocycles. The van der Waals surface area contributed by atoms with Crippen LogP contribution in [0.5, 0.6) is 0 Å². The molecule has 1 N–H and O–H groups in total. The largest absolute Gasteiger partial charge is 0.465 e. The molecule has 1 aliphatic rings. The van der Waals surface area contributed by atoms with Crippen LogP contribution >= 0.6 is 11.3 Å². The van der Waals surface area contributed by atoms with Gasteiger partial charge in [0.15, 0.2) is 0 Å². The van der Waals surface area contributed by atoms with Crippen LogP contribution in [0.25, 0.3) is 11.0 Å². The van der Waals surface area contributed by atoms with Crippen LogP contribution in [0, 0.1) is 0 Å². The number of carbonyl (C=O) groups excluding carboxylic acids is 2. The first-order valence-corrected chi connectivity index (χ1v) is 11.1. The van der Waals surface area contributed by atoms with Crippen LogP contribution in [0.2, 0.25) is 0 Å². The first-order valence-electron chi connectivity index (χ1n) is 8.81. The molecule has 29 heavy (non-hydrogen) atoms. The third-order valence-corrected chi connectivity index (χ3v) is 7.75. The Morgan fingerprint density at radius 2 is 1.86 bits per heavy atom. The number of pyridine rings is 1. The molecular formula is C18H18N4O5S2. The zero-order valence-electron chi connectivity index (χ0n) is 15.5. The van der Waals surface area contributed by atoms with Gasteiger partial charge in [0.25, 0.3) is 5.91 Å². The van der Waals surface area contributed by atoms with Crippen molar-refractivity contribution in [1.82, 2.24) is 19.2 Å². The Hall–Kier alpha value is -2.76. The van der Waals surface area contributed by atoms with Crippen molar-refractivity contribution in [3.05, 3.63) is 46.4 Å². The Balaban J connectivity index is 1.47. The first-order chi connectivity index (χ1) is 13.9. The third kappa shape index (κ3) is 3.52. The lowest BCUT2D eigenvalue weighted by Crippen LogP contribution is -2.50. The summed E-state index contributed by atoms with van der Waals surface area (Å²) in [5.74, 6) is -0.711. The molecule has 152 valence electrons. The van der Waals surface area contributed by atoms with Crippen LogP contribution in [0.4, 0.5) is 0 Å². The molecule has 1 amide bonds. The Labute approximate surface area is 171 Å². The van der Waals surface area contributed by atoms with Gasteiger partial charge >= 0.3 is 5.97 Å². The van der Waals surface area contributed by atoms with E-state index in [2.05, 4.69) is 14.7 Å². The van der Waals surface area contributed by atoms with E-state index in [0.29, 0.717) is 20.8 Å². The van der Waals surface area contributed by atoms with Gasteiger partial charge in [0, 0.05) is 44.0 Å². The van der Waals surface area contributed by atoms with Crippen molar-refractivity contribution in [3.63, 3.8) is 0 Å². The van der Waals surface area contributed by atoms with Gasteiger partial charge in [0.2, 0.25) is 10.0 Å². The molecular weight excluding hydrogens is 416 g/mol. The molecule has 4 rings (SSSR count).